The molecule has 0 spiro atoms. The average molecular weight is 450 g/mol. The lowest BCUT2D eigenvalue weighted by Crippen LogP contribution is -2.55. The molecule has 0 fully saturated rings. The summed E-state index contributed by atoms with van der Waals surface area (Å²) in [6, 6.07) is 5.84. The van der Waals surface area contributed by atoms with Crippen molar-refractivity contribution in [2.45, 2.75) is 56.6 Å². The first kappa shape index (κ1) is 20.1. The molecule has 27 heavy (non-hydrogen) atoms. The van der Waals surface area contributed by atoms with Crippen LogP contribution in [0.15, 0.2) is 40.1 Å². The smallest absolute Gasteiger partial charge is 0.265 e. The van der Waals surface area contributed by atoms with Crippen LogP contribution in [0.5, 0.6) is 5.75 Å². The fraction of sp³-hybridized carbons (Fsp3) is 0.450. The first-order valence-corrected chi connectivity index (χ1v) is 10.8. The second-order valence-electron chi connectivity index (χ2n) is 7.09. The molecule has 3 rings (SSSR count). The molecule has 1 unspecified atom stereocenters. The van der Waals surface area contributed by atoms with Crippen molar-refractivity contribution in [2.75, 3.05) is 5.75 Å². The van der Waals surface area contributed by atoms with Crippen molar-refractivity contribution in [2.24, 2.45) is 0 Å². The van der Waals surface area contributed by atoms with Gasteiger partial charge in [0, 0.05) is 29.3 Å². The predicted octanol–water partition coefficient (Wildman–Crippen LogP) is 4.49. The normalized spacial score (nSPS) is 18.7. The molecule has 0 bridgehead atoms. The summed E-state index contributed by atoms with van der Waals surface area (Å²) in [6.07, 6.45) is 4.53. The molecule has 144 valence electrons. The molecule has 1 aliphatic rings. The molecule has 3 heterocycles. The summed E-state index contributed by atoms with van der Waals surface area (Å²) < 4.78 is 6.85. The lowest BCUT2D eigenvalue weighted by atomic mass is 9.91. The van der Waals surface area contributed by atoms with Crippen LogP contribution in [0.2, 0.25) is 0 Å². The van der Waals surface area contributed by atoms with Crippen molar-refractivity contribution >= 4 is 33.6 Å². The van der Waals surface area contributed by atoms with Gasteiger partial charge in [0.05, 0.1) is 11.2 Å². The molecule has 0 saturated carbocycles. The van der Waals surface area contributed by atoms with E-state index < -0.39 is 11.1 Å². The minimum absolute atomic E-state index is 0.131. The van der Waals surface area contributed by atoms with Crippen molar-refractivity contribution in [3.8, 4) is 5.75 Å². The van der Waals surface area contributed by atoms with Gasteiger partial charge in [0.15, 0.2) is 5.60 Å². The van der Waals surface area contributed by atoms with Crippen molar-refractivity contribution in [1.82, 2.24) is 15.3 Å². The largest absolute Gasteiger partial charge is 0.477 e. The number of nitrogens with zero attached hydrogens (tertiary/aromatic N) is 2. The molecule has 0 saturated heterocycles. The minimum atomic E-state index is -0.930. The number of carbonyl (C=O) groups excluding carboxylic acids is 1. The Morgan fingerprint density at radius 1 is 1.33 bits per heavy atom. The third-order valence-electron chi connectivity index (χ3n) is 4.82. The van der Waals surface area contributed by atoms with E-state index >= 15 is 0 Å². The Morgan fingerprint density at radius 2 is 2.07 bits per heavy atom. The number of carbonyl (C=O) groups is 1. The van der Waals surface area contributed by atoms with Crippen LogP contribution in [0.3, 0.4) is 0 Å². The summed E-state index contributed by atoms with van der Waals surface area (Å²) in [6.45, 7) is 8.02. The molecule has 1 amide bonds. The maximum Gasteiger partial charge on any atom is 0.265 e. The molecular formula is C20H24BrN3O2S. The highest BCUT2D eigenvalue weighted by Crippen LogP contribution is 2.40. The number of rotatable bonds is 6. The summed E-state index contributed by atoms with van der Waals surface area (Å²) in [5.41, 5.74) is 0.226. The summed E-state index contributed by atoms with van der Waals surface area (Å²) in [7, 11) is 0. The van der Waals surface area contributed by atoms with Gasteiger partial charge in [-0.3, -0.25) is 9.78 Å². The number of aromatic nitrogens is 2. The molecule has 0 aliphatic carbocycles. The zero-order chi connectivity index (χ0) is 19.7. The molecule has 0 aromatic carbocycles. The molecule has 1 aliphatic heterocycles. The van der Waals surface area contributed by atoms with Crippen LogP contribution in [0, 0.1) is 0 Å². The van der Waals surface area contributed by atoms with Crippen molar-refractivity contribution < 1.29 is 9.53 Å². The Morgan fingerprint density at radius 3 is 2.74 bits per heavy atom. The minimum Gasteiger partial charge on any atom is -0.477 e. The second kappa shape index (κ2) is 7.80. The molecule has 5 nitrogen and oxygen atoms in total. The highest BCUT2D eigenvalue weighted by atomic mass is 79.9. The monoisotopic (exact) mass is 449 g/mol. The fourth-order valence-corrected chi connectivity index (χ4v) is 4.33. The number of ether oxygens (including phenoxy) is 1. The van der Waals surface area contributed by atoms with E-state index in [1.165, 1.54) is 0 Å². The van der Waals surface area contributed by atoms with Crippen LogP contribution in [-0.4, -0.2) is 27.2 Å². The summed E-state index contributed by atoms with van der Waals surface area (Å²) >= 11 is 5.22. The lowest BCUT2D eigenvalue weighted by Gasteiger charge is -2.33. The fourth-order valence-electron chi connectivity index (χ4n) is 3.19. The van der Waals surface area contributed by atoms with Gasteiger partial charge in [0.1, 0.15) is 10.4 Å². The van der Waals surface area contributed by atoms with E-state index in [0.717, 1.165) is 26.5 Å². The number of hydrogen-bond acceptors (Lipinski definition) is 5. The van der Waals surface area contributed by atoms with Crippen LogP contribution in [0.25, 0.3) is 0 Å². The summed E-state index contributed by atoms with van der Waals surface area (Å²) in [5, 5.41) is 3.16. The topological polar surface area (TPSA) is 64.1 Å². The van der Waals surface area contributed by atoms with Crippen LogP contribution < -0.4 is 10.1 Å². The molecule has 0 radical (unpaired) electrons. The maximum atomic E-state index is 13.3. The van der Waals surface area contributed by atoms with E-state index in [1.54, 1.807) is 24.2 Å². The zero-order valence-electron chi connectivity index (χ0n) is 16.0. The number of halogens is 1. The molecule has 1 atom stereocenters. The van der Waals surface area contributed by atoms with E-state index in [-0.39, 0.29) is 5.91 Å². The number of fused-ring (bicyclic) bond motifs is 1. The Balaban J connectivity index is 1.83. The Labute approximate surface area is 172 Å². The van der Waals surface area contributed by atoms with Gasteiger partial charge >= 0.3 is 0 Å². The molecule has 1 N–H and O–H groups in total. The maximum absolute atomic E-state index is 13.3. The van der Waals surface area contributed by atoms with Gasteiger partial charge in [-0.25, -0.2) is 4.98 Å². The number of pyridine rings is 2. The van der Waals surface area contributed by atoms with Gasteiger partial charge in [-0.15, -0.1) is 11.8 Å². The van der Waals surface area contributed by atoms with Crippen LogP contribution in [0.1, 0.15) is 45.4 Å². The highest BCUT2D eigenvalue weighted by Gasteiger charge is 2.47. The number of thioether (sulfide) groups is 1. The summed E-state index contributed by atoms with van der Waals surface area (Å²) in [4.78, 5) is 23.2. The highest BCUT2D eigenvalue weighted by molar-refractivity contribution is 9.10. The second-order valence-corrected chi connectivity index (χ2v) is 9.18. The van der Waals surface area contributed by atoms with Gasteiger partial charge in [-0.1, -0.05) is 13.8 Å². The van der Waals surface area contributed by atoms with E-state index in [1.807, 2.05) is 39.0 Å². The van der Waals surface area contributed by atoms with Crippen molar-refractivity contribution in [3.05, 3.63) is 46.5 Å². The van der Waals surface area contributed by atoms with Crippen molar-refractivity contribution in [1.29, 1.82) is 0 Å². The number of hydrogen-bond donors (Lipinski definition) is 1. The van der Waals surface area contributed by atoms with E-state index in [4.69, 9.17) is 4.74 Å². The average Bonchev–Trinajstić information content (AvgIpc) is 3.04. The SMILES string of the molecule is CCSc1ccnc(C(C)(C)NC(=O)C2(CC)Cc3c(ccnc3Br)O2)c1. The Bertz CT molecular complexity index is 859. The van der Waals surface area contributed by atoms with E-state index in [2.05, 4.69) is 38.1 Å². The quantitative estimate of drug-likeness (QED) is 0.519. The van der Waals surface area contributed by atoms with Crippen molar-refractivity contribution in [3.63, 3.8) is 0 Å². The first-order chi connectivity index (χ1) is 12.8. The Kier molecular flexibility index (Phi) is 5.82. The zero-order valence-corrected chi connectivity index (χ0v) is 18.4. The van der Waals surface area contributed by atoms with Gasteiger partial charge in [0.2, 0.25) is 0 Å². The van der Waals surface area contributed by atoms with Gasteiger partial charge < -0.3 is 10.1 Å². The van der Waals surface area contributed by atoms with Gasteiger partial charge in [-0.05, 0) is 60.2 Å². The van der Waals surface area contributed by atoms with E-state index in [9.17, 15) is 4.79 Å². The predicted molar refractivity (Wildman–Crippen MR) is 111 cm³/mol. The van der Waals surface area contributed by atoms with Crippen LogP contribution in [0.4, 0.5) is 0 Å². The Hall–Kier alpha value is -1.60. The van der Waals surface area contributed by atoms with Crippen LogP contribution >= 0.6 is 27.7 Å². The number of nitrogens with one attached hydrogen (secondary N) is 1. The van der Waals surface area contributed by atoms with Gasteiger partial charge in [0.25, 0.3) is 5.91 Å². The third-order valence-corrected chi connectivity index (χ3v) is 6.38. The lowest BCUT2D eigenvalue weighted by molar-refractivity contribution is -0.137. The number of amides is 1. The van der Waals surface area contributed by atoms with Crippen LogP contribution in [-0.2, 0) is 16.8 Å². The molecular weight excluding hydrogens is 426 g/mol. The summed E-state index contributed by atoms with van der Waals surface area (Å²) in [5.74, 6) is 1.57. The standard InChI is InChI=1S/C20H24BrN3O2S/c1-5-20(12-14-15(26-20)8-10-23-17(14)21)18(25)24-19(3,4)16-11-13(27-6-2)7-9-22-16/h7-11H,5-6,12H2,1-4H3,(H,24,25). The first-order valence-electron chi connectivity index (χ1n) is 9.05. The molecule has 2 aromatic rings. The molecule has 2 aromatic heterocycles. The third kappa shape index (κ3) is 3.99. The molecule has 7 heteroatoms. The van der Waals surface area contributed by atoms with Gasteiger partial charge in [-0.2, -0.15) is 0 Å². The van der Waals surface area contributed by atoms with E-state index in [0.29, 0.717) is 18.6 Å².